The van der Waals surface area contributed by atoms with Crippen LogP contribution in [0.2, 0.25) is 0 Å². The Labute approximate surface area is 211 Å². The SMILES string of the molecule is C[C@@H]1CC[C@H](C)N1S(=O)(=O)c1ccc(F)cc1.O=CNCc1cc(-c2cnc(C(F)(F)F)nc2)ncn1. The van der Waals surface area contributed by atoms with Crippen LogP contribution < -0.4 is 5.32 Å². The fraction of sp³-hybridized carbons (Fsp3) is 0.348. The highest BCUT2D eigenvalue weighted by Gasteiger charge is 2.37. The predicted molar refractivity (Wildman–Crippen MR) is 125 cm³/mol. The van der Waals surface area contributed by atoms with E-state index in [4.69, 9.17) is 0 Å². The lowest BCUT2D eigenvalue weighted by Crippen LogP contribution is -2.38. The fourth-order valence-corrected chi connectivity index (χ4v) is 5.66. The molecule has 1 aliphatic heterocycles. The van der Waals surface area contributed by atoms with Crippen molar-refractivity contribution in [1.82, 2.24) is 29.6 Å². The molecule has 0 spiro atoms. The van der Waals surface area contributed by atoms with Gasteiger partial charge in [-0.05, 0) is 57.0 Å². The van der Waals surface area contributed by atoms with E-state index in [-0.39, 0.29) is 23.5 Å². The van der Waals surface area contributed by atoms with Gasteiger partial charge < -0.3 is 5.32 Å². The van der Waals surface area contributed by atoms with Crippen LogP contribution in [0.3, 0.4) is 0 Å². The van der Waals surface area contributed by atoms with Crippen molar-refractivity contribution in [2.45, 2.75) is 56.4 Å². The van der Waals surface area contributed by atoms with Crippen molar-refractivity contribution < 1.29 is 30.8 Å². The maximum Gasteiger partial charge on any atom is 0.451 e. The molecule has 2 aromatic heterocycles. The average Bonchev–Trinajstić information content (AvgIpc) is 3.21. The van der Waals surface area contributed by atoms with E-state index >= 15 is 0 Å². The number of nitrogens with zero attached hydrogens (tertiary/aromatic N) is 5. The molecule has 0 radical (unpaired) electrons. The number of aromatic nitrogens is 4. The first-order valence-electron chi connectivity index (χ1n) is 11.1. The molecule has 198 valence electrons. The van der Waals surface area contributed by atoms with Crippen LogP contribution in [-0.2, 0) is 27.5 Å². The molecule has 1 aliphatic rings. The second kappa shape index (κ2) is 11.7. The Morgan fingerprint density at radius 2 is 1.62 bits per heavy atom. The van der Waals surface area contributed by atoms with Gasteiger partial charge in [-0.1, -0.05) is 0 Å². The minimum absolute atomic E-state index is 0.0139. The van der Waals surface area contributed by atoms with Crippen LogP contribution in [0.4, 0.5) is 17.6 Å². The van der Waals surface area contributed by atoms with Crippen molar-refractivity contribution in [2.75, 3.05) is 0 Å². The van der Waals surface area contributed by atoms with E-state index < -0.39 is 27.8 Å². The van der Waals surface area contributed by atoms with Gasteiger partial charge in [-0.3, -0.25) is 4.79 Å². The first-order valence-corrected chi connectivity index (χ1v) is 12.5. The van der Waals surface area contributed by atoms with E-state index in [2.05, 4.69) is 25.3 Å². The minimum Gasteiger partial charge on any atom is -0.353 e. The van der Waals surface area contributed by atoms with Crippen molar-refractivity contribution in [3.8, 4) is 11.3 Å². The number of hydrogen-bond acceptors (Lipinski definition) is 7. The minimum atomic E-state index is -4.58. The quantitative estimate of drug-likeness (QED) is 0.375. The predicted octanol–water partition coefficient (Wildman–Crippen LogP) is 3.59. The van der Waals surface area contributed by atoms with Crippen LogP contribution in [0, 0.1) is 5.82 Å². The molecule has 3 heterocycles. The number of benzene rings is 1. The van der Waals surface area contributed by atoms with Crippen LogP contribution in [0.15, 0.2) is 53.9 Å². The van der Waals surface area contributed by atoms with Gasteiger partial charge in [0.05, 0.1) is 22.8 Å². The lowest BCUT2D eigenvalue weighted by molar-refractivity contribution is -0.145. The molecule has 1 aromatic carbocycles. The zero-order valence-electron chi connectivity index (χ0n) is 19.9. The number of alkyl halides is 3. The van der Waals surface area contributed by atoms with Crippen molar-refractivity contribution in [3.05, 3.63) is 66.4 Å². The molecule has 1 fully saturated rings. The standard InChI is InChI=1S/C12H16FNO2S.C11H8F3N5O/c1-9-3-4-10(2)14(9)17(15,16)12-7-5-11(13)6-8-12;12-11(13,14)10-16-2-7(3-17-10)9-1-8(4-15-6-20)18-5-19-9/h5-10H,3-4H2,1-2H3;1-3,5-6H,4H2,(H,15,20)/t9-,10+;. The molecule has 0 bridgehead atoms. The summed E-state index contributed by atoms with van der Waals surface area (Å²) >= 11 is 0. The van der Waals surface area contributed by atoms with Gasteiger partial charge in [-0.15, -0.1) is 0 Å². The van der Waals surface area contributed by atoms with E-state index in [0.29, 0.717) is 23.4 Å². The topological polar surface area (TPSA) is 118 Å². The summed E-state index contributed by atoms with van der Waals surface area (Å²) in [4.78, 5) is 24.7. The van der Waals surface area contributed by atoms with E-state index in [1.165, 1.54) is 41.0 Å². The van der Waals surface area contributed by atoms with Gasteiger partial charge in [-0.25, -0.2) is 32.7 Å². The third kappa shape index (κ3) is 7.04. The first kappa shape index (κ1) is 28.1. The van der Waals surface area contributed by atoms with E-state index in [1.54, 1.807) is 0 Å². The van der Waals surface area contributed by atoms with Crippen molar-refractivity contribution >= 4 is 16.4 Å². The first-order chi connectivity index (χ1) is 17.4. The Hall–Kier alpha value is -3.52. The number of carbonyl (C=O) groups is 1. The Morgan fingerprint density at radius 3 is 2.16 bits per heavy atom. The summed E-state index contributed by atoms with van der Waals surface area (Å²) in [6.45, 7) is 4.01. The summed E-state index contributed by atoms with van der Waals surface area (Å²) in [6.07, 6.45) is 1.01. The molecule has 9 nitrogen and oxygen atoms in total. The zero-order valence-corrected chi connectivity index (χ0v) is 20.7. The molecule has 1 N–H and O–H groups in total. The molecule has 37 heavy (non-hydrogen) atoms. The summed E-state index contributed by atoms with van der Waals surface area (Å²) in [5, 5.41) is 2.42. The highest BCUT2D eigenvalue weighted by molar-refractivity contribution is 7.89. The van der Waals surface area contributed by atoms with Gasteiger partial charge >= 0.3 is 6.18 Å². The Kier molecular flexibility index (Phi) is 8.86. The van der Waals surface area contributed by atoms with Gasteiger partial charge in [0.2, 0.25) is 22.3 Å². The molecular weight excluding hydrogens is 516 g/mol. The number of amides is 1. The Balaban J connectivity index is 0.000000208. The van der Waals surface area contributed by atoms with Gasteiger partial charge in [-0.2, -0.15) is 17.5 Å². The molecule has 1 saturated heterocycles. The third-order valence-corrected chi connectivity index (χ3v) is 7.69. The molecular formula is C23H24F4N6O3S. The van der Waals surface area contributed by atoms with Crippen LogP contribution in [0.25, 0.3) is 11.3 Å². The molecule has 0 saturated carbocycles. The summed E-state index contributed by atoms with van der Waals surface area (Å²) in [6, 6.07) is 6.56. The van der Waals surface area contributed by atoms with Gasteiger partial charge in [0, 0.05) is 30.0 Å². The zero-order chi connectivity index (χ0) is 27.2. The maximum absolute atomic E-state index is 12.8. The number of rotatable bonds is 6. The monoisotopic (exact) mass is 540 g/mol. The number of hydrogen-bond donors (Lipinski definition) is 1. The molecule has 14 heteroatoms. The van der Waals surface area contributed by atoms with Crippen LogP contribution in [-0.4, -0.2) is 51.2 Å². The molecule has 0 unspecified atom stereocenters. The van der Waals surface area contributed by atoms with Gasteiger partial charge in [0.25, 0.3) is 0 Å². The highest BCUT2D eigenvalue weighted by atomic mass is 32.2. The number of nitrogens with one attached hydrogen (secondary N) is 1. The number of halogens is 4. The molecule has 0 aliphatic carbocycles. The van der Waals surface area contributed by atoms with Crippen molar-refractivity contribution in [2.24, 2.45) is 0 Å². The molecule has 2 atom stereocenters. The number of sulfonamides is 1. The van der Waals surface area contributed by atoms with Crippen molar-refractivity contribution in [1.29, 1.82) is 0 Å². The molecule has 1 amide bonds. The number of carbonyl (C=O) groups excluding carboxylic acids is 1. The summed E-state index contributed by atoms with van der Waals surface area (Å²) in [7, 11) is -3.49. The Morgan fingerprint density at radius 1 is 1.03 bits per heavy atom. The van der Waals surface area contributed by atoms with E-state index in [9.17, 15) is 30.8 Å². The largest absolute Gasteiger partial charge is 0.451 e. The normalized spacial score (nSPS) is 18.1. The maximum atomic E-state index is 12.8. The Bertz CT molecular complexity index is 1300. The second-order valence-corrected chi connectivity index (χ2v) is 10.1. The lowest BCUT2D eigenvalue weighted by Gasteiger charge is -2.25. The van der Waals surface area contributed by atoms with Crippen molar-refractivity contribution in [3.63, 3.8) is 0 Å². The fourth-order valence-electron chi connectivity index (χ4n) is 3.78. The summed E-state index contributed by atoms with van der Waals surface area (Å²) in [5.74, 6) is -1.63. The second-order valence-electron chi connectivity index (χ2n) is 8.25. The lowest BCUT2D eigenvalue weighted by atomic mass is 10.2. The highest BCUT2D eigenvalue weighted by Crippen LogP contribution is 2.30. The van der Waals surface area contributed by atoms with Gasteiger partial charge in [0.1, 0.15) is 12.1 Å². The van der Waals surface area contributed by atoms with Crippen LogP contribution >= 0.6 is 0 Å². The molecule has 3 aromatic rings. The van der Waals surface area contributed by atoms with E-state index in [1.807, 2.05) is 13.8 Å². The van der Waals surface area contributed by atoms with E-state index in [0.717, 1.165) is 25.2 Å². The molecule has 4 rings (SSSR count). The van der Waals surface area contributed by atoms with Crippen LogP contribution in [0.1, 0.15) is 38.2 Å². The van der Waals surface area contributed by atoms with Crippen LogP contribution in [0.5, 0.6) is 0 Å². The van der Waals surface area contributed by atoms with Gasteiger partial charge in [0.15, 0.2) is 0 Å². The summed E-state index contributed by atoms with van der Waals surface area (Å²) in [5.41, 5.74) is 1.21. The smallest absolute Gasteiger partial charge is 0.353 e. The average molecular weight is 541 g/mol. The third-order valence-electron chi connectivity index (χ3n) is 5.55. The summed E-state index contributed by atoms with van der Waals surface area (Å²) < 4.78 is 76.1.